The van der Waals surface area contributed by atoms with Gasteiger partial charge < -0.3 is 11.1 Å². The van der Waals surface area contributed by atoms with E-state index in [2.05, 4.69) is 10.3 Å². The molecule has 0 aromatic heterocycles. The van der Waals surface area contributed by atoms with Crippen molar-refractivity contribution in [2.75, 3.05) is 5.32 Å². The van der Waals surface area contributed by atoms with Crippen LogP contribution in [0.5, 0.6) is 0 Å². The Bertz CT molecular complexity index is 700. The van der Waals surface area contributed by atoms with E-state index in [0.29, 0.717) is 16.8 Å². The Morgan fingerprint density at radius 3 is 1.90 bits per heavy atom. The van der Waals surface area contributed by atoms with Crippen LogP contribution in [-0.2, 0) is 0 Å². The van der Waals surface area contributed by atoms with Crippen LogP contribution in [0.25, 0.3) is 0 Å². The highest BCUT2D eigenvalue weighted by atomic mass is 15.1. The van der Waals surface area contributed by atoms with Crippen molar-refractivity contribution in [1.29, 1.82) is 10.5 Å². The molecule has 0 fully saturated rings. The van der Waals surface area contributed by atoms with Gasteiger partial charge in [0.25, 0.3) is 0 Å². The standard InChI is InChI=1S/C15H11N5/c16-9-11-1-5-13(6-2-11)19-15(18)20-14-7-3-12(10-17)4-8-14/h1-8H,(H3,18,19,20). The van der Waals surface area contributed by atoms with Crippen LogP contribution in [0.15, 0.2) is 53.5 Å². The topological polar surface area (TPSA) is 98.0 Å². The van der Waals surface area contributed by atoms with E-state index in [1.54, 1.807) is 48.5 Å². The van der Waals surface area contributed by atoms with Crippen LogP contribution in [0, 0.1) is 22.7 Å². The number of nitrogens with one attached hydrogen (secondary N) is 1. The number of rotatable bonds is 2. The third-order valence-electron chi connectivity index (χ3n) is 2.53. The van der Waals surface area contributed by atoms with Gasteiger partial charge in [-0.2, -0.15) is 10.5 Å². The summed E-state index contributed by atoms with van der Waals surface area (Å²) in [5.74, 6) is 0.236. The Labute approximate surface area is 116 Å². The minimum atomic E-state index is 0.236. The fourth-order valence-electron chi connectivity index (χ4n) is 1.55. The molecule has 3 N–H and O–H groups in total. The molecule has 2 rings (SSSR count). The predicted octanol–water partition coefficient (Wildman–Crippen LogP) is 2.49. The average molecular weight is 261 g/mol. The zero-order valence-corrected chi connectivity index (χ0v) is 10.5. The molecule has 2 aromatic rings. The molecule has 2 aromatic carbocycles. The highest BCUT2D eigenvalue weighted by molar-refractivity contribution is 5.94. The summed E-state index contributed by atoms with van der Waals surface area (Å²) in [5, 5.41) is 20.3. The Morgan fingerprint density at radius 2 is 1.40 bits per heavy atom. The van der Waals surface area contributed by atoms with Gasteiger partial charge in [0.05, 0.1) is 29.0 Å². The lowest BCUT2D eigenvalue weighted by atomic mass is 10.2. The molecule has 0 saturated heterocycles. The second-order valence-electron chi connectivity index (χ2n) is 3.97. The smallest absolute Gasteiger partial charge is 0.198 e. The average Bonchev–Trinajstić information content (AvgIpc) is 2.49. The number of benzene rings is 2. The van der Waals surface area contributed by atoms with Crippen molar-refractivity contribution < 1.29 is 0 Å². The molecule has 5 nitrogen and oxygen atoms in total. The van der Waals surface area contributed by atoms with Crippen molar-refractivity contribution >= 4 is 17.3 Å². The summed E-state index contributed by atoms with van der Waals surface area (Å²) in [4.78, 5) is 4.18. The Morgan fingerprint density at radius 1 is 0.900 bits per heavy atom. The summed E-state index contributed by atoms with van der Waals surface area (Å²) in [5.41, 5.74) is 8.35. The second-order valence-corrected chi connectivity index (χ2v) is 3.97. The summed E-state index contributed by atoms with van der Waals surface area (Å²) >= 11 is 0. The molecule has 0 unspecified atom stereocenters. The van der Waals surface area contributed by atoms with E-state index >= 15 is 0 Å². The number of nitriles is 2. The van der Waals surface area contributed by atoms with Gasteiger partial charge in [-0.25, -0.2) is 4.99 Å². The zero-order chi connectivity index (χ0) is 14.4. The van der Waals surface area contributed by atoms with E-state index in [-0.39, 0.29) is 5.96 Å². The molecule has 0 aliphatic heterocycles. The molecule has 0 aliphatic rings. The Hall–Kier alpha value is -3.31. The summed E-state index contributed by atoms with van der Waals surface area (Å²) in [7, 11) is 0. The maximum absolute atomic E-state index is 8.71. The quantitative estimate of drug-likeness (QED) is 0.641. The van der Waals surface area contributed by atoms with E-state index in [1.807, 2.05) is 12.1 Å². The van der Waals surface area contributed by atoms with Gasteiger partial charge in [0, 0.05) is 5.69 Å². The first-order valence-electron chi connectivity index (χ1n) is 5.83. The van der Waals surface area contributed by atoms with Crippen LogP contribution in [0.4, 0.5) is 11.4 Å². The van der Waals surface area contributed by atoms with Crippen LogP contribution in [0.2, 0.25) is 0 Å². The predicted molar refractivity (Wildman–Crippen MR) is 77.2 cm³/mol. The first kappa shape index (κ1) is 13.1. The molecule has 96 valence electrons. The van der Waals surface area contributed by atoms with Gasteiger partial charge in [-0.3, -0.25) is 0 Å². The monoisotopic (exact) mass is 261 g/mol. The molecule has 0 aliphatic carbocycles. The molecule has 0 bridgehead atoms. The summed E-state index contributed by atoms with van der Waals surface area (Å²) in [6.07, 6.45) is 0. The van der Waals surface area contributed by atoms with Crippen LogP contribution < -0.4 is 11.1 Å². The van der Waals surface area contributed by atoms with Crippen molar-refractivity contribution in [2.24, 2.45) is 10.7 Å². The van der Waals surface area contributed by atoms with Crippen molar-refractivity contribution in [3.05, 3.63) is 59.7 Å². The maximum Gasteiger partial charge on any atom is 0.198 e. The minimum absolute atomic E-state index is 0.236. The number of nitrogens with zero attached hydrogens (tertiary/aromatic N) is 3. The largest absolute Gasteiger partial charge is 0.369 e. The van der Waals surface area contributed by atoms with Crippen molar-refractivity contribution in [2.45, 2.75) is 0 Å². The first-order chi connectivity index (χ1) is 9.71. The van der Waals surface area contributed by atoms with Crippen LogP contribution in [0.3, 0.4) is 0 Å². The zero-order valence-electron chi connectivity index (χ0n) is 10.5. The molecular formula is C15H11N5. The molecule has 0 amide bonds. The first-order valence-corrected chi connectivity index (χ1v) is 5.83. The van der Waals surface area contributed by atoms with E-state index in [9.17, 15) is 0 Å². The molecule has 0 heterocycles. The molecule has 20 heavy (non-hydrogen) atoms. The SMILES string of the molecule is N#Cc1ccc(N=C(N)Nc2ccc(C#N)cc2)cc1. The van der Waals surface area contributed by atoms with Gasteiger partial charge >= 0.3 is 0 Å². The molecule has 5 heteroatoms. The fourth-order valence-corrected chi connectivity index (χ4v) is 1.55. The molecule has 0 saturated carbocycles. The summed E-state index contributed by atoms with van der Waals surface area (Å²) < 4.78 is 0. The van der Waals surface area contributed by atoms with Gasteiger partial charge in [-0.1, -0.05) is 0 Å². The summed E-state index contributed by atoms with van der Waals surface area (Å²) in [6.45, 7) is 0. The number of nitrogens with two attached hydrogens (primary N) is 1. The van der Waals surface area contributed by atoms with Crippen LogP contribution in [-0.4, -0.2) is 5.96 Å². The minimum Gasteiger partial charge on any atom is -0.369 e. The van der Waals surface area contributed by atoms with E-state index in [0.717, 1.165) is 5.69 Å². The summed E-state index contributed by atoms with van der Waals surface area (Å²) in [6, 6.07) is 17.7. The van der Waals surface area contributed by atoms with Gasteiger partial charge in [0.2, 0.25) is 0 Å². The highest BCUT2D eigenvalue weighted by Crippen LogP contribution is 2.13. The number of anilines is 1. The van der Waals surface area contributed by atoms with E-state index in [4.69, 9.17) is 16.3 Å². The number of hydrogen-bond acceptors (Lipinski definition) is 3. The van der Waals surface area contributed by atoms with Crippen molar-refractivity contribution in [3.8, 4) is 12.1 Å². The third kappa shape index (κ3) is 3.34. The van der Waals surface area contributed by atoms with Gasteiger partial charge in [-0.15, -0.1) is 0 Å². The second kappa shape index (κ2) is 6.03. The lowest BCUT2D eigenvalue weighted by Crippen LogP contribution is -2.21. The number of aliphatic imine (C=N–C) groups is 1. The third-order valence-corrected chi connectivity index (χ3v) is 2.53. The highest BCUT2D eigenvalue weighted by Gasteiger charge is 1.97. The molecule has 0 spiro atoms. The number of hydrogen-bond donors (Lipinski definition) is 2. The van der Waals surface area contributed by atoms with Crippen LogP contribution >= 0.6 is 0 Å². The van der Waals surface area contributed by atoms with E-state index < -0.39 is 0 Å². The molecule has 0 radical (unpaired) electrons. The van der Waals surface area contributed by atoms with E-state index in [1.165, 1.54) is 0 Å². The lowest BCUT2D eigenvalue weighted by molar-refractivity contribution is 1.42. The van der Waals surface area contributed by atoms with Gasteiger partial charge in [0.1, 0.15) is 0 Å². The van der Waals surface area contributed by atoms with Crippen LogP contribution in [0.1, 0.15) is 11.1 Å². The fraction of sp³-hybridized carbons (Fsp3) is 0. The Kier molecular flexibility index (Phi) is 3.96. The van der Waals surface area contributed by atoms with Gasteiger partial charge in [-0.05, 0) is 48.5 Å². The van der Waals surface area contributed by atoms with Crippen molar-refractivity contribution in [1.82, 2.24) is 0 Å². The Balaban J connectivity index is 2.10. The number of guanidine groups is 1. The van der Waals surface area contributed by atoms with Gasteiger partial charge in [0.15, 0.2) is 5.96 Å². The lowest BCUT2D eigenvalue weighted by Gasteiger charge is -2.05. The maximum atomic E-state index is 8.71. The van der Waals surface area contributed by atoms with Crippen molar-refractivity contribution in [3.63, 3.8) is 0 Å². The normalized spacial score (nSPS) is 10.4. The molecular weight excluding hydrogens is 250 g/mol. The molecule has 0 atom stereocenters.